The van der Waals surface area contributed by atoms with E-state index in [4.69, 9.17) is 0 Å². The Bertz CT molecular complexity index is 1120. The molecule has 0 bridgehead atoms. The van der Waals surface area contributed by atoms with Gasteiger partial charge in [0, 0.05) is 24.7 Å². The van der Waals surface area contributed by atoms with Gasteiger partial charge in [-0.1, -0.05) is 0 Å². The first kappa shape index (κ1) is 17.4. The van der Waals surface area contributed by atoms with Gasteiger partial charge >= 0.3 is 0 Å². The highest BCUT2D eigenvalue weighted by Crippen LogP contribution is 2.41. The number of sulfone groups is 1. The van der Waals surface area contributed by atoms with Crippen LogP contribution >= 0.6 is 0 Å². The number of hydrogen-bond donors (Lipinski definition) is 2. The monoisotopic (exact) mass is 386 g/mol. The average Bonchev–Trinajstić information content (AvgIpc) is 3.38. The minimum absolute atomic E-state index is 0.248. The van der Waals surface area contributed by atoms with E-state index in [0.29, 0.717) is 41.8 Å². The van der Waals surface area contributed by atoms with E-state index >= 15 is 0 Å². The first-order valence-corrected chi connectivity index (χ1v) is 10.3. The highest BCUT2D eigenvalue weighted by Gasteiger charge is 2.27. The molecule has 10 heteroatoms. The Morgan fingerprint density at radius 3 is 2.70 bits per heavy atom. The first-order valence-electron chi connectivity index (χ1n) is 8.42. The van der Waals surface area contributed by atoms with Gasteiger partial charge < -0.3 is 15.0 Å². The summed E-state index contributed by atoms with van der Waals surface area (Å²) in [5.41, 5.74) is 2.13. The third-order valence-corrected chi connectivity index (χ3v) is 5.46. The van der Waals surface area contributed by atoms with Crippen LogP contribution in [0.15, 0.2) is 35.7 Å². The normalized spacial score (nSPS) is 14.3. The predicted molar refractivity (Wildman–Crippen MR) is 99.3 cm³/mol. The van der Waals surface area contributed by atoms with Crippen LogP contribution in [0.1, 0.15) is 30.0 Å². The summed E-state index contributed by atoms with van der Waals surface area (Å²) in [7, 11) is -3.39. The van der Waals surface area contributed by atoms with Crippen molar-refractivity contribution in [2.24, 2.45) is 0 Å². The maximum Gasteiger partial charge on any atom is 0.212 e. The maximum absolute atomic E-state index is 12.2. The van der Waals surface area contributed by atoms with Crippen LogP contribution < -0.4 is 10.6 Å². The summed E-state index contributed by atoms with van der Waals surface area (Å²) in [6.07, 6.45) is 9.02. The molecule has 1 aliphatic carbocycles. The summed E-state index contributed by atoms with van der Waals surface area (Å²) < 4.78 is 26.2. The maximum atomic E-state index is 12.2. The lowest BCUT2D eigenvalue weighted by atomic mass is 10.2. The van der Waals surface area contributed by atoms with Gasteiger partial charge in [-0.3, -0.25) is 4.79 Å². The fourth-order valence-electron chi connectivity index (χ4n) is 2.91. The predicted octanol–water partition coefficient (Wildman–Crippen LogP) is 1.59. The van der Waals surface area contributed by atoms with Gasteiger partial charge in [-0.25, -0.2) is 23.4 Å². The molecule has 1 aliphatic rings. The molecule has 3 aromatic heterocycles. The van der Waals surface area contributed by atoms with Gasteiger partial charge in [-0.05, 0) is 30.4 Å². The Balaban J connectivity index is 1.63. The van der Waals surface area contributed by atoms with Crippen molar-refractivity contribution in [3.05, 3.63) is 42.1 Å². The molecule has 3 aromatic rings. The Labute approximate surface area is 155 Å². The molecule has 0 atom stereocenters. The molecule has 0 aliphatic heterocycles. The summed E-state index contributed by atoms with van der Waals surface area (Å²) in [5.74, 6) is 1.34. The van der Waals surface area contributed by atoms with Crippen molar-refractivity contribution < 1.29 is 13.2 Å². The van der Waals surface area contributed by atoms with E-state index in [1.807, 2.05) is 12.4 Å². The zero-order valence-corrected chi connectivity index (χ0v) is 15.4. The van der Waals surface area contributed by atoms with Crippen LogP contribution in [0.3, 0.4) is 0 Å². The zero-order chi connectivity index (χ0) is 19.0. The van der Waals surface area contributed by atoms with Gasteiger partial charge in [-0.2, -0.15) is 0 Å². The first-order chi connectivity index (χ1) is 12.9. The van der Waals surface area contributed by atoms with Crippen LogP contribution in [0.2, 0.25) is 0 Å². The van der Waals surface area contributed by atoms with Crippen molar-refractivity contribution in [1.29, 1.82) is 0 Å². The molecule has 0 aromatic carbocycles. The van der Waals surface area contributed by atoms with E-state index < -0.39 is 9.84 Å². The molecule has 9 nitrogen and oxygen atoms in total. The molecule has 1 amide bonds. The summed E-state index contributed by atoms with van der Waals surface area (Å²) in [6, 6.07) is 3.34. The number of nitrogens with zero attached hydrogens (tertiary/aromatic N) is 4. The van der Waals surface area contributed by atoms with Gasteiger partial charge in [0.2, 0.25) is 6.41 Å². The number of anilines is 2. The molecular formula is C17H18N6O3S. The molecule has 0 radical (unpaired) electrons. The molecule has 140 valence electrons. The second-order valence-corrected chi connectivity index (χ2v) is 8.54. The Hall–Kier alpha value is -3.01. The van der Waals surface area contributed by atoms with Crippen LogP contribution in [0.4, 0.5) is 11.6 Å². The van der Waals surface area contributed by atoms with Crippen LogP contribution in [0.25, 0.3) is 5.65 Å². The Morgan fingerprint density at radius 2 is 2.00 bits per heavy atom. The molecule has 27 heavy (non-hydrogen) atoms. The molecule has 2 N–H and O–H groups in total. The number of aromatic nitrogens is 4. The van der Waals surface area contributed by atoms with E-state index in [-0.39, 0.29) is 4.90 Å². The van der Waals surface area contributed by atoms with Crippen molar-refractivity contribution in [1.82, 2.24) is 19.4 Å². The topological polar surface area (TPSA) is 118 Å². The quantitative estimate of drug-likeness (QED) is 0.592. The number of carbonyl (C=O) groups excluding carboxylic acids is 1. The highest BCUT2D eigenvalue weighted by molar-refractivity contribution is 7.91. The summed E-state index contributed by atoms with van der Waals surface area (Å²) in [5, 5.41) is 5.55. The van der Waals surface area contributed by atoms with E-state index in [1.54, 1.807) is 16.5 Å². The number of nitrogens with one attached hydrogen (secondary N) is 2. The van der Waals surface area contributed by atoms with Crippen LogP contribution in [0.5, 0.6) is 0 Å². The average molecular weight is 386 g/mol. The molecule has 0 unspecified atom stereocenters. The van der Waals surface area contributed by atoms with Gasteiger partial charge in [0.05, 0.1) is 12.2 Å². The number of carbonyl (C=O) groups is 1. The largest absolute Gasteiger partial charge is 0.364 e. The molecule has 3 heterocycles. The Morgan fingerprint density at radius 1 is 1.22 bits per heavy atom. The Kier molecular flexibility index (Phi) is 4.27. The summed E-state index contributed by atoms with van der Waals surface area (Å²) in [4.78, 5) is 23.2. The van der Waals surface area contributed by atoms with Gasteiger partial charge in [0.25, 0.3) is 0 Å². The van der Waals surface area contributed by atoms with Crippen molar-refractivity contribution in [2.75, 3.05) is 16.9 Å². The fraction of sp³-hybridized carbons (Fsp3) is 0.294. The second-order valence-electron chi connectivity index (χ2n) is 6.55. The lowest BCUT2D eigenvalue weighted by molar-refractivity contribution is -0.105. The summed E-state index contributed by atoms with van der Waals surface area (Å²) in [6.45, 7) is 0.348. The lowest BCUT2D eigenvalue weighted by Gasteiger charge is -2.05. The number of hydrogen-bond acceptors (Lipinski definition) is 7. The van der Waals surface area contributed by atoms with Gasteiger partial charge in [0.15, 0.2) is 15.5 Å². The van der Waals surface area contributed by atoms with E-state index in [2.05, 4.69) is 25.6 Å². The summed E-state index contributed by atoms with van der Waals surface area (Å²) >= 11 is 0. The molecule has 0 saturated heterocycles. The number of fused-ring (bicyclic) bond motifs is 1. The number of imidazole rings is 1. The number of rotatable bonds is 7. The standard InChI is InChI=1S/C17H18N6O3S/c1-27(25,26)14-4-12(11-2-3-11)7-23-8-13(22-17(14)23)6-18-15-5-16(21-10-24)20-9-19-15/h4-5,7-11H,2-3,6H2,1H3,(H2,18,19,20,21,24). The zero-order valence-electron chi connectivity index (χ0n) is 14.6. The minimum Gasteiger partial charge on any atom is -0.364 e. The molecule has 1 fully saturated rings. The fourth-order valence-corrected chi connectivity index (χ4v) is 3.74. The van der Waals surface area contributed by atoms with Crippen molar-refractivity contribution >= 4 is 33.5 Å². The number of pyridine rings is 1. The SMILES string of the molecule is CS(=O)(=O)c1cc(C2CC2)cn2cc(CNc3cc(NC=O)ncn3)nc12. The smallest absolute Gasteiger partial charge is 0.212 e. The van der Waals surface area contributed by atoms with Gasteiger partial charge in [0.1, 0.15) is 22.9 Å². The third kappa shape index (κ3) is 3.75. The minimum atomic E-state index is -3.39. The van der Waals surface area contributed by atoms with Crippen LogP contribution in [-0.2, 0) is 21.2 Å². The van der Waals surface area contributed by atoms with E-state index in [9.17, 15) is 13.2 Å². The molecule has 1 saturated carbocycles. The van der Waals surface area contributed by atoms with Gasteiger partial charge in [-0.15, -0.1) is 0 Å². The molecular weight excluding hydrogens is 368 g/mol. The van der Waals surface area contributed by atoms with Crippen molar-refractivity contribution in [2.45, 2.75) is 30.2 Å². The van der Waals surface area contributed by atoms with E-state index in [0.717, 1.165) is 18.4 Å². The third-order valence-electron chi connectivity index (χ3n) is 4.36. The van der Waals surface area contributed by atoms with Crippen molar-refractivity contribution in [3.63, 3.8) is 0 Å². The second kappa shape index (κ2) is 6.62. The van der Waals surface area contributed by atoms with Crippen LogP contribution in [0, 0.1) is 0 Å². The molecule has 4 rings (SSSR count). The van der Waals surface area contributed by atoms with Crippen molar-refractivity contribution in [3.8, 4) is 0 Å². The highest BCUT2D eigenvalue weighted by atomic mass is 32.2. The molecule has 0 spiro atoms. The lowest BCUT2D eigenvalue weighted by Crippen LogP contribution is -2.04. The number of amides is 1. The van der Waals surface area contributed by atoms with Crippen LogP contribution in [-0.4, -0.2) is 40.4 Å². The van der Waals surface area contributed by atoms with E-state index in [1.165, 1.54) is 12.6 Å².